The number of nitrogens with one attached hydrogen (secondary N) is 1. The topological polar surface area (TPSA) is 69.6 Å². The Morgan fingerprint density at radius 2 is 1.86 bits per heavy atom. The summed E-state index contributed by atoms with van der Waals surface area (Å²) in [4.78, 5) is 0. The SMILES string of the molecule is CN(C)S(=O)(=O)N[C@@H]1CCCC[C@H]1O. The molecule has 0 saturated heterocycles. The Balaban J connectivity index is 2.58. The first-order valence-electron chi connectivity index (χ1n) is 4.81. The van der Waals surface area contributed by atoms with E-state index in [4.69, 9.17) is 0 Å². The van der Waals surface area contributed by atoms with E-state index in [1.807, 2.05) is 0 Å². The lowest BCUT2D eigenvalue weighted by molar-refractivity contribution is 0.101. The lowest BCUT2D eigenvalue weighted by atomic mass is 9.93. The second-order valence-electron chi connectivity index (χ2n) is 3.86. The van der Waals surface area contributed by atoms with Crippen LogP contribution in [0.3, 0.4) is 0 Å². The average molecular weight is 222 g/mol. The largest absolute Gasteiger partial charge is 0.391 e. The number of aliphatic hydroxyl groups is 1. The zero-order valence-corrected chi connectivity index (χ0v) is 9.42. The highest BCUT2D eigenvalue weighted by atomic mass is 32.2. The van der Waals surface area contributed by atoms with Gasteiger partial charge in [0.15, 0.2) is 0 Å². The monoisotopic (exact) mass is 222 g/mol. The molecule has 84 valence electrons. The normalized spacial score (nSPS) is 29.4. The summed E-state index contributed by atoms with van der Waals surface area (Å²) in [6.07, 6.45) is 2.80. The summed E-state index contributed by atoms with van der Waals surface area (Å²) in [5.74, 6) is 0. The Bertz CT molecular complexity index is 276. The molecule has 1 saturated carbocycles. The van der Waals surface area contributed by atoms with Gasteiger partial charge in [-0.05, 0) is 12.8 Å². The summed E-state index contributed by atoms with van der Waals surface area (Å²) >= 11 is 0. The summed E-state index contributed by atoms with van der Waals surface area (Å²) < 4.78 is 26.5. The van der Waals surface area contributed by atoms with Crippen molar-refractivity contribution in [2.24, 2.45) is 0 Å². The van der Waals surface area contributed by atoms with Gasteiger partial charge in [0.2, 0.25) is 0 Å². The van der Waals surface area contributed by atoms with Crippen molar-refractivity contribution in [3.63, 3.8) is 0 Å². The fourth-order valence-corrected chi connectivity index (χ4v) is 2.41. The number of rotatable bonds is 3. The summed E-state index contributed by atoms with van der Waals surface area (Å²) in [6.45, 7) is 0. The molecule has 0 radical (unpaired) electrons. The van der Waals surface area contributed by atoms with Crippen LogP contribution in [0.1, 0.15) is 25.7 Å². The van der Waals surface area contributed by atoms with E-state index in [9.17, 15) is 13.5 Å². The molecule has 1 rings (SSSR count). The maximum Gasteiger partial charge on any atom is 0.279 e. The summed E-state index contributed by atoms with van der Waals surface area (Å²) in [6, 6.07) is -0.323. The van der Waals surface area contributed by atoms with Crippen LogP contribution in [0.2, 0.25) is 0 Å². The minimum Gasteiger partial charge on any atom is -0.391 e. The Morgan fingerprint density at radius 1 is 1.29 bits per heavy atom. The van der Waals surface area contributed by atoms with Crippen molar-refractivity contribution in [2.45, 2.75) is 37.8 Å². The summed E-state index contributed by atoms with van der Waals surface area (Å²) in [5, 5.41) is 9.57. The van der Waals surface area contributed by atoms with Gasteiger partial charge in [0.05, 0.1) is 6.10 Å². The maximum atomic E-state index is 11.4. The van der Waals surface area contributed by atoms with E-state index in [-0.39, 0.29) is 6.04 Å². The molecule has 0 unspecified atom stereocenters. The van der Waals surface area contributed by atoms with E-state index in [1.54, 1.807) is 0 Å². The van der Waals surface area contributed by atoms with E-state index >= 15 is 0 Å². The Kier molecular flexibility index (Phi) is 3.88. The molecule has 0 spiro atoms. The molecule has 0 aromatic heterocycles. The van der Waals surface area contributed by atoms with Gasteiger partial charge < -0.3 is 5.11 Å². The van der Waals surface area contributed by atoms with Crippen LogP contribution in [0.15, 0.2) is 0 Å². The Labute approximate surface area is 85.3 Å². The second kappa shape index (κ2) is 4.57. The van der Waals surface area contributed by atoms with Crippen molar-refractivity contribution >= 4 is 10.2 Å². The van der Waals surface area contributed by atoms with E-state index < -0.39 is 16.3 Å². The van der Waals surface area contributed by atoms with Crippen molar-refractivity contribution in [3.05, 3.63) is 0 Å². The second-order valence-corrected chi connectivity index (χ2v) is 5.78. The number of hydrogen-bond acceptors (Lipinski definition) is 3. The lowest BCUT2D eigenvalue weighted by Crippen LogP contribution is -2.48. The third-order valence-electron chi connectivity index (χ3n) is 2.51. The third-order valence-corrected chi connectivity index (χ3v) is 4.07. The summed E-state index contributed by atoms with van der Waals surface area (Å²) in [5.41, 5.74) is 0. The predicted octanol–water partition coefficient (Wildman–Crippen LogP) is -0.314. The molecule has 5 nitrogen and oxygen atoms in total. The standard InChI is InChI=1S/C8H18N2O3S/c1-10(2)14(12,13)9-7-5-3-4-6-8(7)11/h7-9,11H,3-6H2,1-2H3/t7-,8-/m1/s1. The van der Waals surface area contributed by atoms with Gasteiger partial charge in [-0.1, -0.05) is 12.8 Å². The van der Waals surface area contributed by atoms with Crippen LogP contribution in [0.4, 0.5) is 0 Å². The minimum atomic E-state index is -3.41. The van der Waals surface area contributed by atoms with Gasteiger partial charge in [0.25, 0.3) is 10.2 Å². The van der Waals surface area contributed by atoms with Gasteiger partial charge in [-0.2, -0.15) is 17.4 Å². The molecule has 0 bridgehead atoms. The molecule has 2 atom stereocenters. The molecule has 1 aliphatic carbocycles. The first-order valence-corrected chi connectivity index (χ1v) is 6.25. The van der Waals surface area contributed by atoms with Gasteiger partial charge in [-0.3, -0.25) is 0 Å². The molecule has 6 heteroatoms. The van der Waals surface area contributed by atoms with Crippen LogP contribution < -0.4 is 4.72 Å². The van der Waals surface area contributed by atoms with Crippen LogP contribution >= 0.6 is 0 Å². The zero-order chi connectivity index (χ0) is 10.8. The number of nitrogens with zero attached hydrogens (tertiary/aromatic N) is 1. The lowest BCUT2D eigenvalue weighted by Gasteiger charge is -2.29. The first-order chi connectivity index (χ1) is 6.43. The Hall–Kier alpha value is -0.170. The molecule has 0 amide bonds. The van der Waals surface area contributed by atoms with Crippen molar-refractivity contribution < 1.29 is 13.5 Å². The maximum absolute atomic E-state index is 11.4. The molecule has 0 aromatic rings. The van der Waals surface area contributed by atoms with E-state index in [2.05, 4.69) is 4.72 Å². The third kappa shape index (κ3) is 2.91. The first kappa shape index (κ1) is 11.9. The molecule has 1 fully saturated rings. The van der Waals surface area contributed by atoms with Crippen LogP contribution in [-0.4, -0.2) is 44.1 Å². The molecule has 2 N–H and O–H groups in total. The molecule has 14 heavy (non-hydrogen) atoms. The van der Waals surface area contributed by atoms with Crippen LogP contribution in [0.5, 0.6) is 0 Å². The van der Waals surface area contributed by atoms with Crippen LogP contribution in [0, 0.1) is 0 Å². The minimum absolute atomic E-state index is 0.323. The highest BCUT2D eigenvalue weighted by Crippen LogP contribution is 2.19. The van der Waals surface area contributed by atoms with Gasteiger partial charge >= 0.3 is 0 Å². The zero-order valence-electron chi connectivity index (χ0n) is 8.60. The summed E-state index contributed by atoms with van der Waals surface area (Å²) in [7, 11) is -0.468. The van der Waals surface area contributed by atoms with Gasteiger partial charge in [-0.15, -0.1) is 0 Å². The highest BCUT2D eigenvalue weighted by Gasteiger charge is 2.27. The van der Waals surface area contributed by atoms with Crippen LogP contribution in [-0.2, 0) is 10.2 Å². The average Bonchev–Trinajstić information content (AvgIpc) is 2.08. The van der Waals surface area contributed by atoms with Crippen molar-refractivity contribution in [3.8, 4) is 0 Å². The molecule has 0 heterocycles. The Morgan fingerprint density at radius 3 is 2.36 bits per heavy atom. The van der Waals surface area contributed by atoms with Crippen molar-refractivity contribution in [1.82, 2.24) is 9.03 Å². The predicted molar refractivity (Wildman–Crippen MR) is 54.0 cm³/mol. The van der Waals surface area contributed by atoms with E-state index in [1.165, 1.54) is 14.1 Å². The quantitative estimate of drug-likeness (QED) is 0.688. The highest BCUT2D eigenvalue weighted by molar-refractivity contribution is 7.87. The van der Waals surface area contributed by atoms with E-state index in [0.29, 0.717) is 12.8 Å². The fourth-order valence-electron chi connectivity index (χ4n) is 1.55. The smallest absolute Gasteiger partial charge is 0.279 e. The fraction of sp³-hybridized carbons (Fsp3) is 1.00. The van der Waals surface area contributed by atoms with Crippen molar-refractivity contribution in [2.75, 3.05) is 14.1 Å². The molecule has 0 aromatic carbocycles. The number of hydrogen-bond donors (Lipinski definition) is 2. The van der Waals surface area contributed by atoms with Crippen molar-refractivity contribution in [1.29, 1.82) is 0 Å². The van der Waals surface area contributed by atoms with Gasteiger partial charge in [-0.25, -0.2) is 0 Å². The molecular weight excluding hydrogens is 204 g/mol. The molecular formula is C8H18N2O3S. The van der Waals surface area contributed by atoms with Gasteiger partial charge in [0, 0.05) is 20.1 Å². The van der Waals surface area contributed by atoms with Crippen LogP contribution in [0.25, 0.3) is 0 Å². The van der Waals surface area contributed by atoms with Gasteiger partial charge in [0.1, 0.15) is 0 Å². The molecule has 1 aliphatic rings. The number of aliphatic hydroxyl groups excluding tert-OH is 1. The van der Waals surface area contributed by atoms with E-state index in [0.717, 1.165) is 17.1 Å². The molecule has 0 aliphatic heterocycles.